The molecule has 0 N–H and O–H groups in total. The van der Waals surface area contributed by atoms with Crippen LogP contribution in [0.5, 0.6) is 5.75 Å². The smallest absolute Gasteiger partial charge is 0.313 e. The summed E-state index contributed by atoms with van der Waals surface area (Å²) >= 11 is 3.53. The quantitative estimate of drug-likeness (QED) is 0.449. The first-order chi connectivity index (χ1) is 9.56. The lowest BCUT2D eigenvalue weighted by Gasteiger charge is -2.35. The van der Waals surface area contributed by atoms with Crippen molar-refractivity contribution in [3.63, 3.8) is 0 Å². The standard InChI is InChI=1S/C14H17BrFNO3/c15-9-14(6-2-1-3-7-14)10-20-13-5-4-11(16)8-12(13)17(18)19/h4-5,8H,1-3,6-7,9-10H2. The molecule has 4 nitrogen and oxygen atoms in total. The van der Waals surface area contributed by atoms with Crippen LogP contribution >= 0.6 is 15.9 Å². The van der Waals surface area contributed by atoms with Crippen LogP contribution in [0.2, 0.25) is 0 Å². The number of alkyl halides is 1. The van der Waals surface area contributed by atoms with Gasteiger partial charge in [0.2, 0.25) is 0 Å². The number of hydrogen-bond donors (Lipinski definition) is 0. The zero-order valence-corrected chi connectivity index (χ0v) is 12.7. The fraction of sp³-hybridized carbons (Fsp3) is 0.571. The molecule has 0 aliphatic heterocycles. The summed E-state index contributed by atoms with van der Waals surface area (Å²) in [5, 5.41) is 11.7. The molecule has 0 unspecified atom stereocenters. The summed E-state index contributed by atoms with van der Waals surface area (Å²) in [6, 6.07) is 3.42. The molecule has 1 aromatic carbocycles. The number of benzene rings is 1. The number of hydrogen-bond acceptors (Lipinski definition) is 3. The van der Waals surface area contributed by atoms with Crippen molar-refractivity contribution in [1.29, 1.82) is 0 Å². The molecule has 20 heavy (non-hydrogen) atoms. The maximum atomic E-state index is 13.1. The van der Waals surface area contributed by atoms with E-state index in [4.69, 9.17) is 4.74 Å². The van der Waals surface area contributed by atoms with Gasteiger partial charge in [0, 0.05) is 10.7 Å². The van der Waals surface area contributed by atoms with Crippen LogP contribution in [0.4, 0.5) is 10.1 Å². The summed E-state index contributed by atoms with van der Waals surface area (Å²) < 4.78 is 18.7. The molecule has 1 aliphatic rings. The molecule has 1 saturated carbocycles. The van der Waals surface area contributed by atoms with Crippen molar-refractivity contribution in [1.82, 2.24) is 0 Å². The minimum absolute atomic E-state index is 0.0283. The first-order valence-corrected chi connectivity index (χ1v) is 7.81. The van der Waals surface area contributed by atoms with Crippen LogP contribution < -0.4 is 4.74 Å². The number of ether oxygens (including phenoxy) is 1. The molecule has 0 saturated heterocycles. The first kappa shape index (κ1) is 15.2. The zero-order chi connectivity index (χ0) is 14.6. The average Bonchev–Trinajstić information content (AvgIpc) is 2.47. The lowest BCUT2D eigenvalue weighted by Crippen LogP contribution is -2.32. The van der Waals surface area contributed by atoms with Crippen molar-refractivity contribution in [2.45, 2.75) is 32.1 Å². The van der Waals surface area contributed by atoms with Gasteiger partial charge in [-0.3, -0.25) is 10.1 Å². The van der Waals surface area contributed by atoms with Crippen LogP contribution in [0.1, 0.15) is 32.1 Å². The molecule has 0 aromatic heterocycles. The van der Waals surface area contributed by atoms with Gasteiger partial charge >= 0.3 is 5.69 Å². The Morgan fingerprint density at radius 3 is 2.65 bits per heavy atom. The second-order valence-electron chi connectivity index (χ2n) is 5.35. The fourth-order valence-electron chi connectivity index (χ4n) is 2.60. The first-order valence-electron chi connectivity index (χ1n) is 6.69. The summed E-state index contributed by atoms with van der Waals surface area (Å²) in [6.07, 6.45) is 5.63. The highest BCUT2D eigenvalue weighted by molar-refractivity contribution is 9.09. The van der Waals surface area contributed by atoms with E-state index in [1.54, 1.807) is 0 Å². The highest BCUT2D eigenvalue weighted by atomic mass is 79.9. The second-order valence-corrected chi connectivity index (χ2v) is 5.91. The van der Waals surface area contributed by atoms with Crippen molar-refractivity contribution in [2.24, 2.45) is 5.41 Å². The SMILES string of the molecule is O=[N+]([O-])c1cc(F)ccc1OCC1(CBr)CCCCC1. The number of nitro benzene ring substituents is 1. The Kier molecular flexibility index (Phi) is 4.96. The van der Waals surface area contributed by atoms with Gasteiger partial charge in [0.25, 0.3) is 0 Å². The van der Waals surface area contributed by atoms with Gasteiger partial charge in [0.05, 0.1) is 17.6 Å². The highest BCUT2D eigenvalue weighted by Gasteiger charge is 2.32. The predicted molar refractivity (Wildman–Crippen MR) is 77.9 cm³/mol. The number of nitro groups is 1. The molecule has 0 atom stereocenters. The molecule has 2 rings (SSSR count). The van der Waals surface area contributed by atoms with Crippen LogP contribution in [0, 0.1) is 21.3 Å². The maximum absolute atomic E-state index is 13.1. The Hall–Kier alpha value is -1.17. The van der Waals surface area contributed by atoms with Gasteiger partial charge in [-0.2, -0.15) is 0 Å². The monoisotopic (exact) mass is 345 g/mol. The second kappa shape index (κ2) is 6.52. The highest BCUT2D eigenvalue weighted by Crippen LogP contribution is 2.39. The summed E-state index contributed by atoms with van der Waals surface area (Å²) in [6.45, 7) is 0.421. The molecule has 1 aromatic rings. The van der Waals surface area contributed by atoms with Crippen molar-refractivity contribution < 1.29 is 14.1 Å². The Morgan fingerprint density at radius 1 is 1.35 bits per heavy atom. The summed E-state index contributed by atoms with van der Waals surface area (Å²) in [5.41, 5.74) is -0.286. The molecular formula is C14H17BrFNO3. The summed E-state index contributed by atoms with van der Waals surface area (Å²) in [7, 11) is 0. The lowest BCUT2D eigenvalue weighted by molar-refractivity contribution is -0.386. The molecule has 0 amide bonds. The Bertz CT molecular complexity index is 489. The third-order valence-corrected chi connectivity index (χ3v) is 5.04. The minimum Gasteiger partial charge on any atom is -0.486 e. The molecule has 0 heterocycles. The molecule has 0 bridgehead atoms. The van der Waals surface area contributed by atoms with E-state index in [9.17, 15) is 14.5 Å². The largest absolute Gasteiger partial charge is 0.486 e. The maximum Gasteiger partial charge on any atom is 0.313 e. The van der Waals surface area contributed by atoms with Gasteiger partial charge in [0.1, 0.15) is 5.82 Å². The Labute approximate surface area is 125 Å². The van der Waals surface area contributed by atoms with E-state index in [0.29, 0.717) is 6.61 Å². The van der Waals surface area contributed by atoms with E-state index in [1.165, 1.54) is 18.6 Å². The van der Waals surface area contributed by atoms with E-state index in [-0.39, 0.29) is 16.9 Å². The van der Waals surface area contributed by atoms with Crippen molar-refractivity contribution >= 4 is 21.6 Å². The van der Waals surface area contributed by atoms with Gasteiger partial charge in [0.15, 0.2) is 5.75 Å². The van der Waals surface area contributed by atoms with Crippen LogP contribution in [-0.2, 0) is 0 Å². The van der Waals surface area contributed by atoms with Crippen LogP contribution in [0.3, 0.4) is 0 Å². The number of halogens is 2. The molecule has 0 spiro atoms. The molecule has 110 valence electrons. The van der Waals surface area contributed by atoms with E-state index < -0.39 is 10.7 Å². The van der Waals surface area contributed by atoms with Crippen LogP contribution in [0.15, 0.2) is 18.2 Å². The molecule has 1 aliphatic carbocycles. The van der Waals surface area contributed by atoms with E-state index in [1.807, 2.05) is 0 Å². The molecule has 6 heteroatoms. The summed E-state index contributed by atoms with van der Waals surface area (Å²) in [4.78, 5) is 10.3. The normalized spacial score (nSPS) is 17.7. The van der Waals surface area contributed by atoms with Crippen molar-refractivity contribution in [3.05, 3.63) is 34.1 Å². The number of nitrogens with zero attached hydrogens (tertiary/aromatic N) is 1. The molecular weight excluding hydrogens is 329 g/mol. The Balaban J connectivity index is 2.11. The topological polar surface area (TPSA) is 52.4 Å². The van der Waals surface area contributed by atoms with Gasteiger partial charge in [-0.05, 0) is 25.0 Å². The zero-order valence-electron chi connectivity index (χ0n) is 11.1. The average molecular weight is 346 g/mol. The van der Waals surface area contributed by atoms with E-state index >= 15 is 0 Å². The Morgan fingerprint density at radius 2 is 2.05 bits per heavy atom. The lowest BCUT2D eigenvalue weighted by atomic mass is 9.76. The molecule has 1 fully saturated rings. The van der Waals surface area contributed by atoms with Gasteiger partial charge in [-0.15, -0.1) is 0 Å². The minimum atomic E-state index is -0.628. The van der Waals surface area contributed by atoms with Crippen LogP contribution in [0.25, 0.3) is 0 Å². The fourth-order valence-corrected chi connectivity index (χ4v) is 3.33. The summed E-state index contributed by atoms with van der Waals surface area (Å²) in [5.74, 6) is -0.487. The number of rotatable bonds is 5. The van der Waals surface area contributed by atoms with Crippen LogP contribution in [-0.4, -0.2) is 16.9 Å². The third kappa shape index (κ3) is 3.48. The molecule has 0 radical (unpaired) electrons. The van der Waals surface area contributed by atoms with Gasteiger partial charge < -0.3 is 4.74 Å². The van der Waals surface area contributed by atoms with Crippen molar-refractivity contribution in [3.8, 4) is 5.75 Å². The predicted octanol–water partition coefficient (Wildman–Crippen LogP) is 4.46. The third-order valence-electron chi connectivity index (χ3n) is 3.85. The van der Waals surface area contributed by atoms with E-state index in [0.717, 1.165) is 37.1 Å². The van der Waals surface area contributed by atoms with Gasteiger partial charge in [-0.25, -0.2) is 4.39 Å². The van der Waals surface area contributed by atoms with Crippen molar-refractivity contribution in [2.75, 3.05) is 11.9 Å². The van der Waals surface area contributed by atoms with Gasteiger partial charge in [-0.1, -0.05) is 35.2 Å². The van der Waals surface area contributed by atoms with E-state index in [2.05, 4.69) is 15.9 Å².